The molecule has 21 heavy (non-hydrogen) atoms. The van der Waals surface area contributed by atoms with Crippen LogP contribution in [0.1, 0.15) is 10.6 Å². The van der Waals surface area contributed by atoms with Crippen molar-refractivity contribution in [1.82, 2.24) is 4.98 Å². The number of methoxy groups -OCH3 is 2. The number of rotatable bonds is 7. The number of thiazole rings is 1. The number of hydrogen-bond acceptors (Lipinski definition) is 6. The van der Waals surface area contributed by atoms with Crippen molar-refractivity contribution in [2.24, 2.45) is 0 Å². The van der Waals surface area contributed by atoms with Gasteiger partial charge >= 0.3 is 0 Å². The molecule has 7 heteroatoms. The van der Waals surface area contributed by atoms with E-state index in [9.17, 15) is 0 Å². The van der Waals surface area contributed by atoms with Crippen LogP contribution in [0, 0.1) is 0 Å². The number of nitrogen functional groups attached to an aromatic ring is 1. The Kier molecular flexibility index (Phi) is 5.84. The summed E-state index contributed by atoms with van der Waals surface area (Å²) in [6.45, 7) is 1.26. The fourth-order valence-corrected chi connectivity index (χ4v) is 3.05. The summed E-state index contributed by atoms with van der Waals surface area (Å²) in [4.78, 5) is 4.30. The molecule has 0 saturated carbocycles. The standard InChI is InChI=1S/C14H18BrN3O2S/c1-19-5-3-18-14-10(20-2)7-9(12(15)13(14)16)8-11-17-4-6-21-11/h4,6-7,18H,3,5,8,16H2,1-2H3. The molecule has 0 fully saturated rings. The number of ether oxygens (including phenoxy) is 2. The van der Waals surface area contributed by atoms with Crippen molar-refractivity contribution >= 4 is 38.6 Å². The van der Waals surface area contributed by atoms with E-state index >= 15 is 0 Å². The van der Waals surface area contributed by atoms with E-state index in [-0.39, 0.29) is 0 Å². The van der Waals surface area contributed by atoms with Gasteiger partial charge in [-0.05, 0) is 27.6 Å². The second-order valence-corrected chi connectivity index (χ2v) is 6.13. The highest BCUT2D eigenvalue weighted by Crippen LogP contribution is 2.40. The van der Waals surface area contributed by atoms with Crippen LogP contribution in [0.4, 0.5) is 11.4 Å². The van der Waals surface area contributed by atoms with Crippen LogP contribution in [0.25, 0.3) is 0 Å². The normalized spacial score (nSPS) is 10.6. The average Bonchev–Trinajstić information content (AvgIpc) is 2.99. The fraction of sp³-hybridized carbons (Fsp3) is 0.357. The number of halogens is 1. The van der Waals surface area contributed by atoms with Crippen LogP contribution >= 0.6 is 27.3 Å². The van der Waals surface area contributed by atoms with Crippen LogP contribution in [0.3, 0.4) is 0 Å². The summed E-state index contributed by atoms with van der Waals surface area (Å²) >= 11 is 5.20. The first-order valence-corrected chi connectivity index (χ1v) is 8.10. The minimum Gasteiger partial charge on any atom is -0.494 e. The lowest BCUT2D eigenvalue weighted by Gasteiger charge is -2.17. The predicted molar refractivity (Wildman–Crippen MR) is 90.4 cm³/mol. The molecule has 0 bridgehead atoms. The Bertz CT molecular complexity index is 590. The van der Waals surface area contributed by atoms with E-state index in [1.54, 1.807) is 31.8 Å². The highest BCUT2D eigenvalue weighted by Gasteiger charge is 2.16. The number of anilines is 2. The molecule has 0 aliphatic carbocycles. The van der Waals surface area contributed by atoms with Gasteiger partial charge in [-0.3, -0.25) is 0 Å². The molecule has 3 N–H and O–H groups in total. The molecule has 2 rings (SSSR count). The van der Waals surface area contributed by atoms with E-state index in [1.165, 1.54) is 0 Å². The van der Waals surface area contributed by atoms with E-state index in [0.29, 0.717) is 18.8 Å². The molecule has 0 spiro atoms. The quantitative estimate of drug-likeness (QED) is 0.577. The first kappa shape index (κ1) is 16.1. The van der Waals surface area contributed by atoms with Gasteiger partial charge in [-0.25, -0.2) is 4.98 Å². The Labute approximate surface area is 136 Å². The number of nitrogens with two attached hydrogens (primary N) is 1. The number of nitrogens with zero attached hydrogens (tertiary/aromatic N) is 1. The fourth-order valence-electron chi connectivity index (χ4n) is 1.96. The highest BCUT2D eigenvalue weighted by atomic mass is 79.9. The van der Waals surface area contributed by atoms with Gasteiger partial charge in [0, 0.05) is 36.1 Å². The van der Waals surface area contributed by atoms with Crippen LogP contribution in [0.2, 0.25) is 0 Å². The Morgan fingerprint density at radius 2 is 2.24 bits per heavy atom. The van der Waals surface area contributed by atoms with Crippen molar-refractivity contribution in [1.29, 1.82) is 0 Å². The predicted octanol–water partition coefficient (Wildman–Crippen LogP) is 3.15. The van der Waals surface area contributed by atoms with Crippen molar-refractivity contribution < 1.29 is 9.47 Å². The second-order valence-electron chi connectivity index (χ2n) is 4.36. The van der Waals surface area contributed by atoms with Gasteiger partial charge in [0.15, 0.2) is 0 Å². The lowest BCUT2D eigenvalue weighted by Crippen LogP contribution is -2.11. The average molecular weight is 372 g/mol. The molecule has 1 aromatic carbocycles. The molecule has 0 saturated heterocycles. The molecule has 0 radical (unpaired) electrons. The number of hydrogen-bond donors (Lipinski definition) is 2. The van der Waals surface area contributed by atoms with Crippen LogP contribution in [-0.4, -0.2) is 32.4 Å². The number of nitrogens with one attached hydrogen (secondary N) is 1. The molecular weight excluding hydrogens is 354 g/mol. The van der Waals surface area contributed by atoms with Gasteiger partial charge in [0.25, 0.3) is 0 Å². The summed E-state index contributed by atoms with van der Waals surface area (Å²) in [6, 6.07) is 1.98. The van der Waals surface area contributed by atoms with Crippen LogP contribution in [-0.2, 0) is 11.2 Å². The van der Waals surface area contributed by atoms with Crippen LogP contribution in [0.5, 0.6) is 5.75 Å². The Morgan fingerprint density at radius 1 is 1.43 bits per heavy atom. The maximum Gasteiger partial charge on any atom is 0.144 e. The third kappa shape index (κ3) is 3.87. The molecule has 0 aliphatic heterocycles. The Hall–Kier alpha value is -1.31. The summed E-state index contributed by atoms with van der Waals surface area (Å²) in [5.74, 6) is 0.721. The summed E-state index contributed by atoms with van der Waals surface area (Å²) < 4.78 is 11.4. The molecule has 1 heterocycles. The third-order valence-corrected chi connectivity index (χ3v) is 4.71. The van der Waals surface area contributed by atoms with E-state index in [0.717, 1.165) is 32.9 Å². The molecule has 0 amide bonds. The Balaban J connectivity index is 2.30. The summed E-state index contributed by atoms with van der Waals surface area (Å²) in [7, 11) is 3.30. The summed E-state index contributed by atoms with van der Waals surface area (Å²) in [5, 5.41) is 6.24. The van der Waals surface area contributed by atoms with E-state index < -0.39 is 0 Å². The van der Waals surface area contributed by atoms with E-state index in [4.69, 9.17) is 15.2 Å². The zero-order valence-electron chi connectivity index (χ0n) is 12.0. The third-order valence-electron chi connectivity index (χ3n) is 2.99. The first-order chi connectivity index (χ1) is 10.2. The van der Waals surface area contributed by atoms with Gasteiger partial charge < -0.3 is 20.5 Å². The zero-order valence-corrected chi connectivity index (χ0v) is 14.4. The first-order valence-electron chi connectivity index (χ1n) is 6.43. The molecule has 0 atom stereocenters. The number of benzene rings is 1. The monoisotopic (exact) mass is 371 g/mol. The van der Waals surface area contributed by atoms with E-state index in [2.05, 4.69) is 26.2 Å². The van der Waals surface area contributed by atoms with Crippen molar-refractivity contribution in [2.45, 2.75) is 6.42 Å². The van der Waals surface area contributed by atoms with Crippen molar-refractivity contribution in [2.75, 3.05) is 38.4 Å². The van der Waals surface area contributed by atoms with Gasteiger partial charge in [-0.1, -0.05) is 0 Å². The second kappa shape index (κ2) is 7.63. The van der Waals surface area contributed by atoms with Crippen molar-refractivity contribution in [3.63, 3.8) is 0 Å². The topological polar surface area (TPSA) is 69.4 Å². The molecule has 5 nitrogen and oxygen atoms in total. The van der Waals surface area contributed by atoms with Crippen molar-refractivity contribution in [3.8, 4) is 5.75 Å². The summed E-state index contributed by atoms with van der Waals surface area (Å²) in [6.07, 6.45) is 2.52. The lowest BCUT2D eigenvalue weighted by atomic mass is 10.1. The van der Waals surface area contributed by atoms with Crippen molar-refractivity contribution in [3.05, 3.63) is 32.7 Å². The smallest absolute Gasteiger partial charge is 0.144 e. The molecule has 2 aromatic rings. The molecule has 114 valence electrons. The summed E-state index contributed by atoms with van der Waals surface area (Å²) in [5.41, 5.74) is 8.69. The van der Waals surface area contributed by atoms with Gasteiger partial charge in [0.1, 0.15) is 11.4 Å². The van der Waals surface area contributed by atoms with Gasteiger partial charge in [0.05, 0.1) is 24.4 Å². The van der Waals surface area contributed by atoms with Gasteiger partial charge in [-0.15, -0.1) is 11.3 Å². The SMILES string of the molecule is COCCNc1c(OC)cc(Cc2nccs2)c(Br)c1N. The van der Waals surface area contributed by atoms with Gasteiger partial charge in [-0.2, -0.15) is 0 Å². The number of aromatic nitrogens is 1. The molecular formula is C14H18BrN3O2S. The minimum atomic E-state index is 0.598. The maximum absolute atomic E-state index is 6.22. The molecule has 0 aliphatic rings. The maximum atomic E-state index is 6.22. The Morgan fingerprint density at radius 3 is 2.86 bits per heavy atom. The lowest BCUT2D eigenvalue weighted by molar-refractivity contribution is 0.210. The van der Waals surface area contributed by atoms with Gasteiger partial charge in [0.2, 0.25) is 0 Å². The zero-order chi connectivity index (χ0) is 15.2. The van der Waals surface area contributed by atoms with Crippen LogP contribution < -0.4 is 15.8 Å². The molecule has 0 unspecified atom stereocenters. The minimum absolute atomic E-state index is 0.598. The van der Waals surface area contributed by atoms with Crippen LogP contribution in [0.15, 0.2) is 22.1 Å². The van der Waals surface area contributed by atoms with E-state index in [1.807, 2.05) is 11.4 Å². The highest BCUT2D eigenvalue weighted by molar-refractivity contribution is 9.10. The molecule has 1 aromatic heterocycles. The largest absolute Gasteiger partial charge is 0.494 e.